The van der Waals surface area contributed by atoms with Gasteiger partial charge < -0.3 is 9.84 Å². The third-order valence-corrected chi connectivity index (χ3v) is 1.16. The van der Waals surface area contributed by atoms with Gasteiger partial charge in [-0.15, -0.1) is 0 Å². The highest BCUT2D eigenvalue weighted by Crippen LogP contribution is 1.98. The predicted octanol–water partition coefficient (Wildman–Crippen LogP) is 1.20. The maximum Gasteiger partial charge on any atom is 0.293 e. The van der Waals surface area contributed by atoms with Crippen LogP contribution in [-0.4, -0.2) is 11.6 Å². The van der Waals surface area contributed by atoms with Crippen molar-refractivity contribution in [3.05, 3.63) is 35.9 Å². The van der Waals surface area contributed by atoms with Gasteiger partial charge >= 0.3 is 0 Å². The number of aliphatic hydroxyl groups is 1. The zero-order valence-corrected chi connectivity index (χ0v) is 6.88. The van der Waals surface area contributed by atoms with Crippen molar-refractivity contribution in [2.45, 2.75) is 6.61 Å². The Labute approximate surface area is 76.0 Å². The summed E-state index contributed by atoms with van der Waals surface area (Å²) in [5.41, 5.74) is 1.01. The molecule has 1 aromatic rings. The second-order valence-corrected chi connectivity index (χ2v) is 1.99. The van der Waals surface area contributed by atoms with E-state index >= 15 is 0 Å². The molecule has 0 aromatic heterocycles. The van der Waals surface area contributed by atoms with Crippen molar-refractivity contribution in [2.24, 2.45) is 0 Å². The summed E-state index contributed by atoms with van der Waals surface area (Å²) in [4.78, 5) is 9.76. The molecule has 0 spiro atoms. The summed E-state index contributed by atoms with van der Waals surface area (Å²) >= 11 is 0. The Morgan fingerprint density at radius 3 is 2.46 bits per heavy atom. The minimum atomic E-state index is 0.365. The Balaban J connectivity index is 0.000000424. The van der Waals surface area contributed by atoms with Crippen LogP contribution in [0.5, 0.6) is 0 Å². The van der Waals surface area contributed by atoms with Crippen LogP contribution < -0.4 is 0 Å². The molecule has 0 aliphatic rings. The Bertz CT molecular complexity index is 266. The van der Waals surface area contributed by atoms with Gasteiger partial charge in [0.1, 0.15) is 6.61 Å². The fourth-order valence-electron chi connectivity index (χ4n) is 0.704. The summed E-state index contributed by atoms with van der Waals surface area (Å²) < 4.78 is 4.54. The largest absolute Gasteiger partial charge is 0.463 e. The van der Waals surface area contributed by atoms with Gasteiger partial charge in [0.25, 0.3) is 12.7 Å². The monoisotopic (exact) mass is 179 g/mol. The first-order chi connectivity index (χ1) is 6.35. The SMILES string of the molecule is N#CO.O=COCc1ccccc1. The molecule has 0 bridgehead atoms. The smallest absolute Gasteiger partial charge is 0.293 e. The van der Waals surface area contributed by atoms with Crippen LogP contribution in [0.4, 0.5) is 0 Å². The molecule has 0 aliphatic heterocycles. The minimum Gasteiger partial charge on any atom is -0.463 e. The summed E-state index contributed by atoms with van der Waals surface area (Å²) in [6.45, 7) is 0.817. The molecule has 13 heavy (non-hydrogen) atoms. The molecule has 1 aromatic carbocycles. The molecule has 1 rings (SSSR count). The molecule has 0 saturated heterocycles. The maximum absolute atomic E-state index is 9.76. The molecule has 4 heteroatoms. The molecule has 0 fully saturated rings. The van der Waals surface area contributed by atoms with Crippen molar-refractivity contribution >= 4 is 6.47 Å². The van der Waals surface area contributed by atoms with Crippen molar-refractivity contribution in [3.8, 4) is 6.26 Å². The lowest BCUT2D eigenvalue weighted by atomic mass is 10.2. The summed E-state index contributed by atoms with van der Waals surface area (Å²) in [6.07, 6.45) is 0.750. The van der Waals surface area contributed by atoms with Crippen molar-refractivity contribution in [3.63, 3.8) is 0 Å². The number of benzene rings is 1. The number of nitrogens with zero attached hydrogens (tertiary/aromatic N) is 1. The second-order valence-electron chi connectivity index (χ2n) is 1.99. The summed E-state index contributed by atoms with van der Waals surface area (Å²) in [7, 11) is 0. The lowest BCUT2D eigenvalue weighted by Gasteiger charge is -1.95. The lowest BCUT2D eigenvalue weighted by Crippen LogP contribution is -1.88. The molecule has 1 N–H and O–H groups in total. The van der Waals surface area contributed by atoms with E-state index < -0.39 is 0 Å². The fraction of sp³-hybridized carbons (Fsp3) is 0.111. The Kier molecular flexibility index (Phi) is 6.82. The first-order valence-electron chi connectivity index (χ1n) is 3.47. The number of carbonyl (C=O) groups excluding carboxylic acids is 1. The molecule has 0 aliphatic carbocycles. The van der Waals surface area contributed by atoms with Gasteiger partial charge in [0.05, 0.1) is 0 Å². The van der Waals surface area contributed by atoms with Crippen molar-refractivity contribution < 1.29 is 14.6 Å². The van der Waals surface area contributed by atoms with Crippen LogP contribution in [0.15, 0.2) is 30.3 Å². The molecular weight excluding hydrogens is 170 g/mol. The van der Waals surface area contributed by atoms with Crippen molar-refractivity contribution in [2.75, 3.05) is 0 Å². The third-order valence-electron chi connectivity index (χ3n) is 1.16. The van der Waals surface area contributed by atoms with E-state index in [0.717, 1.165) is 11.8 Å². The number of rotatable bonds is 3. The minimum absolute atomic E-state index is 0.365. The van der Waals surface area contributed by atoms with Crippen molar-refractivity contribution in [1.82, 2.24) is 0 Å². The highest BCUT2D eigenvalue weighted by molar-refractivity contribution is 5.37. The second kappa shape index (κ2) is 8.08. The molecule has 0 unspecified atom stereocenters. The normalized spacial score (nSPS) is 7.31. The quantitative estimate of drug-likeness (QED) is 0.559. The van der Waals surface area contributed by atoms with E-state index in [1.54, 1.807) is 0 Å². The van der Waals surface area contributed by atoms with Gasteiger partial charge in [-0.25, -0.2) is 0 Å². The molecule has 0 atom stereocenters. The maximum atomic E-state index is 9.76. The molecule has 0 heterocycles. The van der Waals surface area contributed by atoms with E-state index in [2.05, 4.69) is 4.74 Å². The first-order valence-corrected chi connectivity index (χ1v) is 3.47. The molecule has 0 amide bonds. The van der Waals surface area contributed by atoms with Crippen molar-refractivity contribution in [1.29, 1.82) is 5.26 Å². The van der Waals surface area contributed by atoms with Crippen LogP contribution in [0, 0.1) is 11.5 Å². The predicted molar refractivity (Wildman–Crippen MR) is 44.8 cm³/mol. The number of carbonyl (C=O) groups is 1. The summed E-state index contributed by atoms with van der Waals surface area (Å²) in [5.74, 6) is 0. The van der Waals surface area contributed by atoms with Gasteiger partial charge in [0, 0.05) is 0 Å². The standard InChI is InChI=1S/C8H8O2.CHNO/c9-7-10-6-8-4-2-1-3-5-8;2-1-3/h1-5,7H,6H2;3H. The van der Waals surface area contributed by atoms with Crippen LogP contribution >= 0.6 is 0 Å². The number of hydrogen-bond donors (Lipinski definition) is 1. The average Bonchev–Trinajstić information content (AvgIpc) is 2.18. The zero-order chi connectivity index (χ0) is 9.94. The topological polar surface area (TPSA) is 70.3 Å². The number of ether oxygens (including phenoxy) is 1. The molecule has 4 nitrogen and oxygen atoms in total. The van der Waals surface area contributed by atoms with Crippen LogP contribution in [0.3, 0.4) is 0 Å². The molecule has 68 valence electrons. The summed E-state index contributed by atoms with van der Waals surface area (Å²) in [5, 5.41) is 13.8. The van der Waals surface area contributed by atoms with Gasteiger partial charge in [0.15, 0.2) is 0 Å². The van der Waals surface area contributed by atoms with E-state index in [-0.39, 0.29) is 0 Å². The number of nitriles is 1. The highest BCUT2D eigenvalue weighted by atomic mass is 16.5. The van der Waals surface area contributed by atoms with Gasteiger partial charge in [-0.3, -0.25) is 4.79 Å². The molecule has 0 saturated carbocycles. The van der Waals surface area contributed by atoms with Crippen LogP contribution in [-0.2, 0) is 16.1 Å². The van der Waals surface area contributed by atoms with E-state index in [1.165, 1.54) is 0 Å². The Morgan fingerprint density at radius 2 is 2.00 bits per heavy atom. The van der Waals surface area contributed by atoms with Crippen LogP contribution in [0.25, 0.3) is 0 Å². The molecular formula is C9H9NO3. The van der Waals surface area contributed by atoms with E-state index in [0.29, 0.717) is 13.1 Å². The van der Waals surface area contributed by atoms with Crippen LogP contribution in [0.1, 0.15) is 5.56 Å². The van der Waals surface area contributed by atoms with Gasteiger partial charge in [-0.2, -0.15) is 5.26 Å². The van der Waals surface area contributed by atoms with Gasteiger partial charge in [-0.1, -0.05) is 30.3 Å². The average molecular weight is 179 g/mol. The highest BCUT2D eigenvalue weighted by Gasteiger charge is 1.87. The van der Waals surface area contributed by atoms with E-state index in [9.17, 15) is 4.79 Å². The first kappa shape index (κ1) is 11.0. The zero-order valence-electron chi connectivity index (χ0n) is 6.88. The fourth-order valence-corrected chi connectivity index (χ4v) is 0.704. The lowest BCUT2D eigenvalue weighted by molar-refractivity contribution is -0.129. The van der Waals surface area contributed by atoms with Gasteiger partial charge in [-0.05, 0) is 5.56 Å². The number of aliphatic hydroxyl groups excluding tert-OH is 1. The summed E-state index contributed by atoms with van der Waals surface area (Å²) in [6, 6.07) is 9.55. The Hall–Kier alpha value is -2.02. The third kappa shape index (κ3) is 6.38. The van der Waals surface area contributed by atoms with Gasteiger partial charge in [0.2, 0.25) is 0 Å². The van der Waals surface area contributed by atoms with E-state index in [1.807, 2.05) is 30.3 Å². The Morgan fingerprint density at radius 1 is 1.46 bits per heavy atom. The van der Waals surface area contributed by atoms with Crippen LogP contribution in [0.2, 0.25) is 0 Å². The molecule has 0 radical (unpaired) electrons. The number of hydrogen-bond acceptors (Lipinski definition) is 4. The van der Waals surface area contributed by atoms with E-state index in [4.69, 9.17) is 10.4 Å².